The molecule has 0 aliphatic heterocycles. The number of benzene rings is 1. The summed E-state index contributed by atoms with van der Waals surface area (Å²) in [7, 11) is 2.06. The van der Waals surface area contributed by atoms with Crippen molar-refractivity contribution in [3.05, 3.63) is 42.1 Å². The summed E-state index contributed by atoms with van der Waals surface area (Å²) >= 11 is 2.14. The first-order valence-corrected chi connectivity index (χ1v) is 8.56. The maximum absolute atomic E-state index is 4.46. The van der Waals surface area contributed by atoms with Crippen molar-refractivity contribution >= 4 is 22.7 Å². The minimum atomic E-state index is 0.411. The predicted octanol–water partition coefficient (Wildman–Crippen LogP) is 4.17. The normalized spacial score (nSPS) is 17.6. The number of hydrogen-bond donors (Lipinski definition) is 1. The molecular weight excluding hydrogens is 264 g/mol. The van der Waals surface area contributed by atoms with Gasteiger partial charge in [-0.25, -0.2) is 0 Å². The fourth-order valence-corrected chi connectivity index (χ4v) is 4.52. The van der Waals surface area contributed by atoms with Gasteiger partial charge in [0.05, 0.1) is 5.52 Å². The van der Waals surface area contributed by atoms with Crippen molar-refractivity contribution < 1.29 is 0 Å². The number of aromatic nitrogens is 1. The second-order valence-corrected chi connectivity index (χ2v) is 6.83. The lowest BCUT2D eigenvalue weighted by Crippen LogP contribution is -2.20. The van der Waals surface area contributed by atoms with E-state index in [1.54, 1.807) is 0 Å². The lowest BCUT2D eigenvalue weighted by Gasteiger charge is -2.20. The first kappa shape index (κ1) is 13.9. The molecule has 1 heterocycles. The topological polar surface area (TPSA) is 24.9 Å². The third kappa shape index (κ3) is 2.99. The van der Waals surface area contributed by atoms with Crippen LogP contribution in [0.3, 0.4) is 0 Å². The molecule has 3 heteroatoms. The second kappa shape index (κ2) is 6.59. The Bertz CT molecular complexity index is 558. The lowest BCUT2D eigenvalue weighted by atomic mass is 10.0. The highest BCUT2D eigenvalue weighted by atomic mass is 32.2. The van der Waals surface area contributed by atoms with Gasteiger partial charge in [0.25, 0.3) is 0 Å². The summed E-state index contributed by atoms with van der Waals surface area (Å²) in [5, 5.41) is 5.64. The van der Waals surface area contributed by atoms with Crippen LogP contribution < -0.4 is 5.32 Å². The molecule has 1 unspecified atom stereocenters. The molecule has 1 atom stereocenters. The molecule has 1 aliphatic rings. The maximum atomic E-state index is 4.46. The monoisotopic (exact) mass is 286 g/mol. The average molecular weight is 286 g/mol. The minimum absolute atomic E-state index is 0.411. The van der Waals surface area contributed by atoms with Crippen molar-refractivity contribution in [1.82, 2.24) is 10.3 Å². The number of nitrogens with one attached hydrogen (secondary N) is 1. The molecule has 0 spiro atoms. The van der Waals surface area contributed by atoms with Gasteiger partial charge in [-0.3, -0.25) is 4.98 Å². The minimum Gasteiger partial charge on any atom is -0.312 e. The van der Waals surface area contributed by atoms with Gasteiger partial charge in [-0.15, -0.1) is 0 Å². The van der Waals surface area contributed by atoms with Gasteiger partial charge in [0.15, 0.2) is 0 Å². The molecular formula is C17H22N2S. The van der Waals surface area contributed by atoms with Crippen LogP contribution in [0.15, 0.2) is 36.5 Å². The third-order valence-corrected chi connectivity index (χ3v) is 5.67. The molecule has 1 saturated carbocycles. The van der Waals surface area contributed by atoms with Crippen molar-refractivity contribution in [3.63, 3.8) is 0 Å². The molecule has 0 radical (unpaired) electrons. The van der Waals surface area contributed by atoms with E-state index in [-0.39, 0.29) is 0 Å². The second-order valence-electron chi connectivity index (χ2n) is 5.50. The summed E-state index contributed by atoms with van der Waals surface area (Å²) in [6, 6.07) is 11.1. The molecule has 1 aromatic heterocycles. The Hall–Kier alpha value is -1.06. The Kier molecular flexibility index (Phi) is 4.58. The van der Waals surface area contributed by atoms with Crippen LogP contribution in [0.1, 0.15) is 37.3 Å². The molecule has 106 valence electrons. The Balaban J connectivity index is 1.79. The number of thioether (sulfide) groups is 1. The predicted molar refractivity (Wildman–Crippen MR) is 88.3 cm³/mol. The van der Waals surface area contributed by atoms with E-state index < -0.39 is 0 Å². The molecule has 2 aromatic rings. The number of fused-ring (bicyclic) bond motifs is 1. The summed E-state index contributed by atoms with van der Waals surface area (Å²) in [5.41, 5.74) is 2.47. The fourth-order valence-electron chi connectivity index (χ4n) is 3.05. The van der Waals surface area contributed by atoms with E-state index in [1.807, 2.05) is 12.3 Å². The van der Waals surface area contributed by atoms with Crippen molar-refractivity contribution in [2.45, 2.75) is 37.0 Å². The van der Waals surface area contributed by atoms with Crippen molar-refractivity contribution in [1.29, 1.82) is 0 Å². The largest absolute Gasteiger partial charge is 0.312 e. The molecule has 1 fully saturated rings. The third-order valence-electron chi connectivity index (χ3n) is 4.20. The highest BCUT2D eigenvalue weighted by Gasteiger charge is 2.19. The molecule has 20 heavy (non-hydrogen) atoms. The van der Waals surface area contributed by atoms with Crippen LogP contribution in [0.4, 0.5) is 0 Å². The molecule has 0 amide bonds. The van der Waals surface area contributed by atoms with Crippen LogP contribution in [0.25, 0.3) is 10.9 Å². The fraction of sp³-hybridized carbons (Fsp3) is 0.471. The summed E-state index contributed by atoms with van der Waals surface area (Å²) in [5.74, 6) is 1.15. The first-order valence-electron chi connectivity index (χ1n) is 7.51. The van der Waals surface area contributed by atoms with E-state index in [0.717, 1.165) is 16.5 Å². The molecule has 1 N–H and O–H groups in total. The van der Waals surface area contributed by atoms with Gasteiger partial charge < -0.3 is 5.32 Å². The van der Waals surface area contributed by atoms with E-state index in [2.05, 4.69) is 53.4 Å². The highest BCUT2D eigenvalue weighted by molar-refractivity contribution is 7.99. The number of rotatable bonds is 5. The Morgan fingerprint density at radius 1 is 1.25 bits per heavy atom. The van der Waals surface area contributed by atoms with E-state index in [1.165, 1.54) is 36.6 Å². The molecule has 3 rings (SSSR count). The summed E-state index contributed by atoms with van der Waals surface area (Å²) in [6.07, 6.45) is 7.50. The molecule has 0 saturated heterocycles. The van der Waals surface area contributed by atoms with Gasteiger partial charge in [0, 0.05) is 28.6 Å². The summed E-state index contributed by atoms with van der Waals surface area (Å²) in [4.78, 5) is 4.46. The van der Waals surface area contributed by atoms with Gasteiger partial charge in [0.1, 0.15) is 0 Å². The van der Waals surface area contributed by atoms with Crippen LogP contribution in [0.2, 0.25) is 0 Å². The molecule has 1 aromatic carbocycles. The molecule has 2 nitrogen and oxygen atoms in total. The van der Waals surface area contributed by atoms with Crippen molar-refractivity contribution in [2.24, 2.45) is 0 Å². The Morgan fingerprint density at radius 2 is 2.10 bits per heavy atom. The van der Waals surface area contributed by atoms with Gasteiger partial charge in [-0.05, 0) is 37.6 Å². The van der Waals surface area contributed by atoms with Gasteiger partial charge >= 0.3 is 0 Å². The summed E-state index contributed by atoms with van der Waals surface area (Å²) in [6.45, 7) is 0. The first-order chi connectivity index (χ1) is 9.88. The standard InChI is InChI=1S/C17H22N2S/c1-18-17(12-20-13-6-2-3-7-13)15-8-4-10-16-14(15)9-5-11-19-16/h4-5,8-11,13,17-18H,2-3,6-7,12H2,1H3. The van der Waals surface area contributed by atoms with E-state index in [4.69, 9.17) is 0 Å². The van der Waals surface area contributed by atoms with Gasteiger partial charge in [0.2, 0.25) is 0 Å². The smallest absolute Gasteiger partial charge is 0.0705 e. The van der Waals surface area contributed by atoms with E-state index >= 15 is 0 Å². The maximum Gasteiger partial charge on any atom is 0.0705 e. The van der Waals surface area contributed by atoms with Crippen LogP contribution >= 0.6 is 11.8 Å². The van der Waals surface area contributed by atoms with Crippen LogP contribution in [-0.4, -0.2) is 23.0 Å². The van der Waals surface area contributed by atoms with Gasteiger partial charge in [-0.1, -0.05) is 31.0 Å². The Labute approximate surface area is 125 Å². The number of nitrogens with zero attached hydrogens (tertiary/aromatic N) is 1. The molecule has 0 bridgehead atoms. The zero-order valence-electron chi connectivity index (χ0n) is 12.0. The number of hydrogen-bond acceptors (Lipinski definition) is 3. The van der Waals surface area contributed by atoms with Crippen LogP contribution in [0, 0.1) is 0 Å². The van der Waals surface area contributed by atoms with Crippen molar-refractivity contribution in [2.75, 3.05) is 12.8 Å². The van der Waals surface area contributed by atoms with Gasteiger partial charge in [-0.2, -0.15) is 11.8 Å². The molecule has 1 aliphatic carbocycles. The zero-order chi connectivity index (χ0) is 13.8. The van der Waals surface area contributed by atoms with E-state index in [9.17, 15) is 0 Å². The van der Waals surface area contributed by atoms with Crippen LogP contribution in [0.5, 0.6) is 0 Å². The highest BCUT2D eigenvalue weighted by Crippen LogP contribution is 2.33. The Morgan fingerprint density at radius 3 is 2.90 bits per heavy atom. The number of pyridine rings is 1. The van der Waals surface area contributed by atoms with Crippen molar-refractivity contribution in [3.8, 4) is 0 Å². The SMILES string of the molecule is CNC(CSC1CCCC1)c1cccc2ncccc12. The lowest BCUT2D eigenvalue weighted by molar-refractivity contribution is 0.664. The van der Waals surface area contributed by atoms with E-state index in [0.29, 0.717) is 6.04 Å². The van der Waals surface area contributed by atoms with Crippen LogP contribution in [-0.2, 0) is 0 Å². The summed E-state index contributed by atoms with van der Waals surface area (Å²) < 4.78 is 0. The quantitative estimate of drug-likeness (QED) is 0.893. The zero-order valence-corrected chi connectivity index (χ0v) is 12.8. The average Bonchev–Trinajstić information content (AvgIpc) is 3.01.